The van der Waals surface area contributed by atoms with Crippen molar-refractivity contribution in [3.05, 3.63) is 71.8 Å². The summed E-state index contributed by atoms with van der Waals surface area (Å²) in [5.41, 5.74) is -0.637. The minimum Gasteiger partial charge on any atom is -0.489 e. The van der Waals surface area contributed by atoms with E-state index >= 15 is 0 Å². The molecular weight excluding hydrogens is 617 g/mol. The van der Waals surface area contributed by atoms with Crippen LogP contribution >= 0.6 is 0 Å². The van der Waals surface area contributed by atoms with E-state index in [9.17, 15) is 40.3 Å². The van der Waals surface area contributed by atoms with Crippen molar-refractivity contribution in [2.45, 2.75) is 49.2 Å². The number of hydrogen-bond acceptors (Lipinski definition) is 10. The lowest BCUT2D eigenvalue weighted by Crippen LogP contribution is -2.36. The number of ether oxygens (including phenoxy) is 2. The lowest BCUT2D eigenvalue weighted by Gasteiger charge is -2.24. The number of amides is 1. The van der Waals surface area contributed by atoms with E-state index in [4.69, 9.17) is 4.74 Å². The number of carbonyl (C=O) groups excluding carboxylic acids is 1. The standard InChI is InChI=1S/C27H28F5N5O6S/c1-2-44(40,41)21-7-8-22(33-12-21)23(14-38)36-24(39)16-10-34-26(35-11-16)37-13-20(9-18(37)15-42-25(28)29)43-19-5-3-17(4-6-19)27(30,31)32/h3-8,10-12,18,20,23,25,38H,2,9,13-15H2,1H3,(H,36,39)/t18-,20?,23-/m0/s1. The van der Waals surface area contributed by atoms with E-state index in [1.54, 1.807) is 0 Å². The van der Waals surface area contributed by atoms with Crippen molar-refractivity contribution in [3.8, 4) is 5.75 Å². The van der Waals surface area contributed by atoms with Crippen LogP contribution in [0.25, 0.3) is 0 Å². The Morgan fingerprint density at radius 2 is 1.77 bits per heavy atom. The minimum absolute atomic E-state index is 0.00178. The maximum atomic E-state index is 12.9. The normalized spacial score (nSPS) is 18.0. The van der Waals surface area contributed by atoms with Crippen LogP contribution in [0.4, 0.5) is 27.9 Å². The molecule has 11 nitrogen and oxygen atoms in total. The Labute approximate surface area is 249 Å². The van der Waals surface area contributed by atoms with Gasteiger partial charge in [-0.05, 0) is 36.4 Å². The molecule has 0 radical (unpaired) electrons. The molecule has 0 aliphatic carbocycles. The molecule has 1 amide bonds. The number of aliphatic hydroxyl groups is 1. The van der Waals surface area contributed by atoms with Crippen molar-refractivity contribution >= 4 is 21.7 Å². The van der Waals surface area contributed by atoms with E-state index in [1.165, 1.54) is 36.4 Å². The maximum Gasteiger partial charge on any atom is 0.416 e. The topological polar surface area (TPSA) is 144 Å². The number of alkyl halides is 5. The molecule has 0 saturated carbocycles. The Morgan fingerprint density at radius 1 is 1.09 bits per heavy atom. The predicted octanol–water partition coefficient (Wildman–Crippen LogP) is 3.41. The molecule has 3 aromatic rings. The van der Waals surface area contributed by atoms with Crippen LogP contribution < -0.4 is 15.0 Å². The highest BCUT2D eigenvalue weighted by Crippen LogP contribution is 2.32. The average Bonchev–Trinajstić information content (AvgIpc) is 3.41. The summed E-state index contributed by atoms with van der Waals surface area (Å²) in [6.07, 6.45) is -1.46. The van der Waals surface area contributed by atoms with Crippen LogP contribution in [0.5, 0.6) is 5.75 Å². The zero-order valence-electron chi connectivity index (χ0n) is 23.1. The number of rotatable bonds is 12. The van der Waals surface area contributed by atoms with Crippen molar-refractivity contribution < 1.29 is 49.7 Å². The summed E-state index contributed by atoms with van der Waals surface area (Å²) >= 11 is 0. The summed E-state index contributed by atoms with van der Waals surface area (Å²) in [4.78, 5) is 26.8. The number of nitrogens with zero attached hydrogens (tertiary/aromatic N) is 4. The third-order valence-electron chi connectivity index (χ3n) is 6.78. The Bertz CT molecular complexity index is 1510. The molecule has 44 heavy (non-hydrogen) atoms. The van der Waals surface area contributed by atoms with Crippen LogP contribution in [0.3, 0.4) is 0 Å². The highest BCUT2D eigenvalue weighted by molar-refractivity contribution is 7.91. The van der Waals surface area contributed by atoms with Gasteiger partial charge in [0.2, 0.25) is 5.95 Å². The van der Waals surface area contributed by atoms with E-state index in [0.717, 1.165) is 30.5 Å². The smallest absolute Gasteiger partial charge is 0.416 e. The Kier molecular flexibility index (Phi) is 10.3. The second-order valence-electron chi connectivity index (χ2n) is 9.70. The zero-order chi connectivity index (χ0) is 32.1. The van der Waals surface area contributed by atoms with E-state index in [1.807, 2.05) is 0 Å². The largest absolute Gasteiger partial charge is 0.489 e. The zero-order valence-corrected chi connectivity index (χ0v) is 23.9. The fourth-order valence-electron chi connectivity index (χ4n) is 4.45. The molecule has 238 valence electrons. The molecule has 2 N–H and O–H groups in total. The van der Waals surface area contributed by atoms with Gasteiger partial charge >= 0.3 is 12.8 Å². The predicted molar refractivity (Wildman–Crippen MR) is 145 cm³/mol. The minimum atomic E-state index is -4.51. The molecular formula is C27H28F5N5O6S. The molecule has 4 rings (SSSR count). The molecule has 17 heteroatoms. The van der Waals surface area contributed by atoms with E-state index in [2.05, 4.69) is 25.0 Å². The number of hydrogen-bond donors (Lipinski definition) is 2. The van der Waals surface area contributed by atoms with Crippen molar-refractivity contribution in [1.82, 2.24) is 20.3 Å². The molecule has 1 saturated heterocycles. The Hall–Kier alpha value is -3.96. The number of pyridine rings is 1. The Balaban J connectivity index is 1.44. The van der Waals surface area contributed by atoms with Crippen molar-refractivity contribution in [2.24, 2.45) is 0 Å². The van der Waals surface area contributed by atoms with Crippen molar-refractivity contribution in [2.75, 3.05) is 30.4 Å². The van der Waals surface area contributed by atoms with Gasteiger partial charge in [-0.3, -0.25) is 9.78 Å². The van der Waals surface area contributed by atoms with Gasteiger partial charge in [-0.15, -0.1) is 0 Å². The summed E-state index contributed by atoms with van der Waals surface area (Å²) in [6, 6.07) is 5.12. The second-order valence-corrected chi connectivity index (χ2v) is 12.0. The second kappa shape index (κ2) is 13.8. The third-order valence-corrected chi connectivity index (χ3v) is 8.50. The lowest BCUT2D eigenvalue weighted by atomic mass is 10.2. The maximum absolute atomic E-state index is 12.9. The molecule has 0 bridgehead atoms. The molecule has 2 aromatic heterocycles. The highest BCUT2D eigenvalue weighted by atomic mass is 32.2. The number of aromatic nitrogens is 3. The van der Waals surface area contributed by atoms with E-state index in [-0.39, 0.29) is 46.6 Å². The van der Waals surface area contributed by atoms with Gasteiger partial charge in [-0.25, -0.2) is 18.4 Å². The fourth-order valence-corrected chi connectivity index (χ4v) is 5.27. The number of nitrogens with one attached hydrogen (secondary N) is 1. The number of aliphatic hydroxyl groups excluding tert-OH is 1. The number of sulfone groups is 1. The van der Waals surface area contributed by atoms with Crippen LogP contribution in [0.1, 0.15) is 41.0 Å². The van der Waals surface area contributed by atoms with Gasteiger partial charge in [0.05, 0.1) is 59.3 Å². The number of carbonyl (C=O) groups is 1. The SMILES string of the molecule is CCS(=O)(=O)c1ccc([C@H](CO)NC(=O)c2cnc(N3CC(Oc4ccc(C(F)(F)F)cc4)C[C@H]3COC(F)F)nc2)nc1. The van der Waals surface area contributed by atoms with Gasteiger partial charge in [0.15, 0.2) is 9.84 Å². The van der Waals surface area contributed by atoms with Gasteiger partial charge in [0, 0.05) is 25.0 Å². The molecule has 1 unspecified atom stereocenters. The Morgan fingerprint density at radius 3 is 2.32 bits per heavy atom. The lowest BCUT2D eigenvalue weighted by molar-refractivity contribution is -0.137. The molecule has 1 aromatic carbocycles. The van der Waals surface area contributed by atoms with E-state index in [0.29, 0.717) is 0 Å². The summed E-state index contributed by atoms with van der Waals surface area (Å²) in [7, 11) is -3.49. The van der Waals surface area contributed by atoms with Crippen LogP contribution in [0.2, 0.25) is 0 Å². The van der Waals surface area contributed by atoms with Gasteiger partial charge in [-0.1, -0.05) is 6.92 Å². The number of anilines is 1. The first-order chi connectivity index (χ1) is 20.8. The van der Waals surface area contributed by atoms with Crippen molar-refractivity contribution in [3.63, 3.8) is 0 Å². The highest BCUT2D eigenvalue weighted by Gasteiger charge is 2.36. The van der Waals surface area contributed by atoms with Crippen LogP contribution in [-0.2, 0) is 20.8 Å². The van der Waals surface area contributed by atoms with Gasteiger partial charge < -0.3 is 24.8 Å². The summed E-state index contributed by atoms with van der Waals surface area (Å²) in [6.45, 7) is -2.42. The fraction of sp³-hybridized carbons (Fsp3) is 0.407. The van der Waals surface area contributed by atoms with Gasteiger partial charge in [0.25, 0.3) is 5.91 Å². The molecule has 1 aliphatic rings. The molecule has 3 heterocycles. The number of halogens is 5. The van der Waals surface area contributed by atoms with Gasteiger partial charge in [-0.2, -0.15) is 22.0 Å². The van der Waals surface area contributed by atoms with Crippen LogP contribution in [0.15, 0.2) is 59.9 Å². The first-order valence-corrected chi connectivity index (χ1v) is 14.9. The number of benzene rings is 1. The van der Waals surface area contributed by atoms with E-state index < -0.39 is 65.5 Å². The molecule has 1 aliphatic heterocycles. The monoisotopic (exact) mass is 645 g/mol. The third kappa shape index (κ3) is 8.15. The first kappa shape index (κ1) is 32.9. The summed E-state index contributed by atoms with van der Waals surface area (Å²) in [5.74, 6) is -0.573. The first-order valence-electron chi connectivity index (χ1n) is 13.2. The molecule has 3 atom stereocenters. The van der Waals surface area contributed by atoms with Crippen LogP contribution in [0, 0.1) is 0 Å². The average molecular weight is 646 g/mol. The summed E-state index contributed by atoms with van der Waals surface area (Å²) in [5, 5.41) is 12.4. The van der Waals surface area contributed by atoms with Crippen molar-refractivity contribution in [1.29, 1.82) is 0 Å². The quantitative estimate of drug-likeness (QED) is 0.281. The molecule has 1 fully saturated rings. The van der Waals surface area contributed by atoms with Gasteiger partial charge in [0.1, 0.15) is 11.9 Å². The molecule has 0 spiro atoms. The summed E-state index contributed by atoms with van der Waals surface area (Å²) < 4.78 is 98.5. The van der Waals surface area contributed by atoms with Crippen LogP contribution in [-0.4, -0.2) is 78.7 Å².